The van der Waals surface area contributed by atoms with Gasteiger partial charge in [0.1, 0.15) is 0 Å². The minimum atomic E-state index is -0.694. The van der Waals surface area contributed by atoms with Gasteiger partial charge < -0.3 is 16.0 Å². The number of aromatic amines is 1. The first-order valence-electron chi connectivity index (χ1n) is 8.83. The molecule has 1 atom stereocenters. The van der Waals surface area contributed by atoms with Gasteiger partial charge in [0.15, 0.2) is 11.3 Å². The monoisotopic (exact) mass is 386 g/mol. The van der Waals surface area contributed by atoms with Crippen molar-refractivity contribution in [2.45, 2.75) is 6.04 Å². The molecule has 4 aromatic rings. The largest absolute Gasteiger partial charge is 0.373 e. The maximum Gasteiger partial charge on any atom is 0.275 e. The number of primary amides is 1. The number of fused-ring (bicyclic) bond motifs is 2. The maximum absolute atomic E-state index is 12.1. The molecule has 9 nitrogen and oxygen atoms in total. The van der Waals surface area contributed by atoms with Crippen molar-refractivity contribution in [1.82, 2.24) is 15.2 Å². The molecule has 142 valence electrons. The number of para-hydroxylation sites is 2. The van der Waals surface area contributed by atoms with Gasteiger partial charge in [-0.25, -0.2) is 0 Å². The Morgan fingerprint density at radius 1 is 1.07 bits per heavy atom. The van der Waals surface area contributed by atoms with Crippen LogP contribution in [0.4, 0.5) is 11.4 Å². The number of benzene rings is 2. The number of amides is 1. The molecule has 0 bridgehead atoms. The zero-order valence-corrected chi connectivity index (χ0v) is 14.9. The Hall–Kier alpha value is -4.27. The van der Waals surface area contributed by atoms with Gasteiger partial charge in [-0.05, 0) is 12.1 Å². The summed E-state index contributed by atoms with van der Waals surface area (Å²) >= 11 is 0. The van der Waals surface area contributed by atoms with Gasteiger partial charge in [0.2, 0.25) is 0 Å². The highest BCUT2D eigenvalue weighted by molar-refractivity contribution is 6.10. The molecule has 0 saturated heterocycles. The molecule has 0 aliphatic carbocycles. The van der Waals surface area contributed by atoms with Crippen molar-refractivity contribution >= 4 is 28.3 Å². The molecule has 4 N–H and O–H groups in total. The number of nitrogens with one attached hydrogen (secondary N) is 2. The zero-order chi connectivity index (χ0) is 20.1. The van der Waals surface area contributed by atoms with Gasteiger partial charge in [-0.1, -0.05) is 30.3 Å². The van der Waals surface area contributed by atoms with E-state index in [2.05, 4.69) is 20.5 Å². The highest BCUT2D eigenvalue weighted by atomic mass is 16.6. The molecule has 0 spiro atoms. The maximum atomic E-state index is 12.1. The van der Waals surface area contributed by atoms with Gasteiger partial charge >= 0.3 is 0 Å². The third-order valence-corrected chi connectivity index (χ3v) is 5.11. The highest BCUT2D eigenvalue weighted by Gasteiger charge is 2.32. The molecular formula is C20H14N6O3. The third kappa shape index (κ3) is 2.44. The van der Waals surface area contributed by atoms with E-state index < -0.39 is 16.9 Å². The van der Waals surface area contributed by atoms with Crippen molar-refractivity contribution in [3.8, 4) is 11.1 Å². The summed E-state index contributed by atoms with van der Waals surface area (Å²) < 4.78 is 0. The molecule has 1 aliphatic rings. The lowest BCUT2D eigenvalue weighted by Gasteiger charge is -2.19. The number of carbonyl (C=O) groups is 1. The van der Waals surface area contributed by atoms with Crippen molar-refractivity contribution in [3.63, 3.8) is 0 Å². The molecule has 1 unspecified atom stereocenters. The van der Waals surface area contributed by atoms with Crippen LogP contribution in [0, 0.1) is 10.1 Å². The molecule has 1 aliphatic heterocycles. The summed E-state index contributed by atoms with van der Waals surface area (Å²) in [6.07, 6.45) is 1.73. The van der Waals surface area contributed by atoms with Crippen molar-refractivity contribution in [2.75, 3.05) is 5.32 Å². The lowest BCUT2D eigenvalue weighted by Crippen LogP contribution is -2.15. The van der Waals surface area contributed by atoms with Crippen LogP contribution in [0.15, 0.2) is 54.7 Å². The minimum Gasteiger partial charge on any atom is -0.373 e. The number of aromatic nitrogens is 3. The summed E-state index contributed by atoms with van der Waals surface area (Å²) in [5, 5.41) is 23.8. The van der Waals surface area contributed by atoms with E-state index in [0.717, 1.165) is 11.1 Å². The molecule has 3 heterocycles. The van der Waals surface area contributed by atoms with E-state index >= 15 is 0 Å². The van der Waals surface area contributed by atoms with Crippen LogP contribution >= 0.6 is 0 Å². The predicted molar refractivity (Wildman–Crippen MR) is 106 cm³/mol. The quantitative estimate of drug-likeness (QED) is 0.365. The van der Waals surface area contributed by atoms with Crippen molar-refractivity contribution in [2.24, 2.45) is 5.73 Å². The summed E-state index contributed by atoms with van der Waals surface area (Å²) in [4.78, 5) is 26.4. The SMILES string of the molecule is NC(=O)c1nnc2[nH]cc3c2c1-c1ccccc1NC3c1ccccc1[N+](=O)[O-]. The lowest BCUT2D eigenvalue weighted by molar-refractivity contribution is -0.385. The first kappa shape index (κ1) is 16.9. The lowest BCUT2D eigenvalue weighted by atomic mass is 9.95. The Balaban J connectivity index is 1.90. The fraction of sp³-hybridized carbons (Fsp3) is 0.0500. The Bertz CT molecular complexity index is 1310. The average Bonchev–Trinajstić information content (AvgIpc) is 3.09. The van der Waals surface area contributed by atoms with Crippen molar-refractivity contribution in [1.29, 1.82) is 0 Å². The smallest absolute Gasteiger partial charge is 0.275 e. The second-order valence-electron chi connectivity index (χ2n) is 6.69. The number of carbonyl (C=O) groups excluding carboxylic acids is 1. The van der Waals surface area contributed by atoms with E-state index in [1.54, 1.807) is 24.4 Å². The topological polar surface area (TPSA) is 140 Å². The van der Waals surface area contributed by atoms with E-state index in [-0.39, 0.29) is 11.4 Å². The molecule has 0 fully saturated rings. The molecular weight excluding hydrogens is 372 g/mol. The summed E-state index contributed by atoms with van der Waals surface area (Å²) in [5.74, 6) is -0.694. The van der Waals surface area contributed by atoms with Crippen LogP contribution in [0.1, 0.15) is 27.7 Å². The second kappa shape index (κ2) is 6.13. The van der Waals surface area contributed by atoms with Crippen LogP contribution in [0.3, 0.4) is 0 Å². The number of anilines is 1. The van der Waals surface area contributed by atoms with Gasteiger partial charge in [0, 0.05) is 40.0 Å². The van der Waals surface area contributed by atoms with Gasteiger partial charge in [0.05, 0.1) is 16.5 Å². The second-order valence-corrected chi connectivity index (χ2v) is 6.69. The van der Waals surface area contributed by atoms with Crippen LogP contribution < -0.4 is 11.1 Å². The summed E-state index contributed by atoms with van der Waals surface area (Å²) in [6.45, 7) is 0. The standard InChI is InChI=1S/C20H14N6O3/c21-19(27)18-15-10-5-1-3-7-13(10)23-17(11-6-2-4-8-14(11)26(28)29)12-9-22-20(16(12)15)25-24-18/h1-9,17,23H,(H2,21,27)(H,22,25). The number of hydrogen-bond donors (Lipinski definition) is 3. The number of nitro groups is 1. The van der Waals surface area contributed by atoms with Gasteiger partial charge in [0.25, 0.3) is 11.6 Å². The van der Waals surface area contributed by atoms with E-state index in [1.807, 2.05) is 24.3 Å². The molecule has 29 heavy (non-hydrogen) atoms. The third-order valence-electron chi connectivity index (χ3n) is 5.11. The Morgan fingerprint density at radius 2 is 1.83 bits per heavy atom. The first-order chi connectivity index (χ1) is 14.1. The molecule has 0 radical (unpaired) electrons. The number of hydrogen-bond acceptors (Lipinski definition) is 6. The first-order valence-corrected chi connectivity index (χ1v) is 8.83. The van der Waals surface area contributed by atoms with Crippen LogP contribution in [0.25, 0.3) is 22.2 Å². The van der Waals surface area contributed by atoms with E-state index in [1.165, 1.54) is 6.07 Å². The highest BCUT2D eigenvalue weighted by Crippen LogP contribution is 2.45. The summed E-state index contributed by atoms with van der Waals surface area (Å²) in [7, 11) is 0. The fourth-order valence-electron chi connectivity index (χ4n) is 3.90. The average molecular weight is 386 g/mol. The predicted octanol–water partition coefficient (Wildman–Crippen LogP) is 3.15. The Labute approximate surface area is 163 Å². The Kier molecular flexibility index (Phi) is 3.56. The molecule has 9 heteroatoms. The number of rotatable bonds is 3. The van der Waals surface area contributed by atoms with Crippen LogP contribution in [-0.2, 0) is 0 Å². The van der Waals surface area contributed by atoms with Gasteiger partial charge in [-0.15, -0.1) is 10.2 Å². The normalized spacial score (nSPS) is 14.7. The molecule has 2 aromatic carbocycles. The number of nitrogens with two attached hydrogens (primary N) is 1. The Morgan fingerprint density at radius 3 is 2.62 bits per heavy atom. The van der Waals surface area contributed by atoms with Crippen LogP contribution in [0.2, 0.25) is 0 Å². The number of nitro benzene ring substituents is 1. The minimum absolute atomic E-state index is 0.00239. The fourth-order valence-corrected chi connectivity index (χ4v) is 3.90. The van der Waals surface area contributed by atoms with E-state index in [4.69, 9.17) is 5.73 Å². The van der Waals surface area contributed by atoms with Gasteiger partial charge in [-0.3, -0.25) is 14.9 Å². The van der Waals surface area contributed by atoms with Crippen LogP contribution in [0.5, 0.6) is 0 Å². The summed E-state index contributed by atoms with van der Waals surface area (Å²) in [5.41, 5.74) is 9.32. The number of H-pyrrole nitrogens is 1. The van der Waals surface area contributed by atoms with Crippen molar-refractivity contribution < 1.29 is 9.72 Å². The molecule has 5 rings (SSSR count). The van der Waals surface area contributed by atoms with Gasteiger partial charge in [-0.2, -0.15) is 0 Å². The zero-order valence-electron chi connectivity index (χ0n) is 14.9. The molecule has 0 saturated carbocycles. The summed E-state index contributed by atoms with van der Waals surface area (Å²) in [6, 6.07) is 13.4. The van der Waals surface area contributed by atoms with Crippen LogP contribution in [-0.4, -0.2) is 26.0 Å². The van der Waals surface area contributed by atoms with E-state index in [0.29, 0.717) is 27.8 Å². The van der Waals surface area contributed by atoms with Crippen molar-refractivity contribution in [3.05, 3.63) is 81.7 Å². The molecule has 1 amide bonds. The molecule has 2 aromatic heterocycles. The van der Waals surface area contributed by atoms with E-state index in [9.17, 15) is 14.9 Å². The number of nitrogens with zero attached hydrogens (tertiary/aromatic N) is 3.